The van der Waals surface area contributed by atoms with Gasteiger partial charge < -0.3 is 24.4 Å². The van der Waals surface area contributed by atoms with Gasteiger partial charge in [0.05, 0.1) is 22.3 Å². The van der Waals surface area contributed by atoms with Crippen LogP contribution in [0.5, 0.6) is 17.2 Å². The average Bonchev–Trinajstić information content (AvgIpc) is 3.40. The quantitative estimate of drug-likeness (QED) is 0.284. The van der Waals surface area contributed by atoms with E-state index in [0.717, 1.165) is 0 Å². The minimum atomic E-state index is -0.612. The molecule has 1 saturated heterocycles. The largest absolute Gasteiger partial charge is 0.487 e. The van der Waals surface area contributed by atoms with Crippen molar-refractivity contribution in [2.45, 2.75) is 32.4 Å². The van der Waals surface area contributed by atoms with Crippen molar-refractivity contribution < 1.29 is 23.4 Å². The van der Waals surface area contributed by atoms with E-state index in [4.69, 9.17) is 30.8 Å². The van der Waals surface area contributed by atoms with Gasteiger partial charge in [-0.25, -0.2) is 33.6 Å². The Kier molecular flexibility index (Phi) is 6.72. The summed E-state index contributed by atoms with van der Waals surface area (Å²) in [5.74, 6) is 1.36. The topological polar surface area (TPSA) is 132 Å². The molecule has 6 heterocycles. The number of ether oxygens (including phenoxy) is 3. The van der Waals surface area contributed by atoms with E-state index < -0.39 is 11.4 Å². The smallest absolute Gasteiger partial charge is 0.410 e. The van der Waals surface area contributed by atoms with Crippen LogP contribution in [0.2, 0.25) is 5.02 Å². The highest BCUT2D eigenvalue weighted by Gasteiger charge is 2.37. The standard InChI is InChI=1S/C29H27ClFN9O4/c1-29(2,3)44-28(41)39-7-6-38-12-16(39)13-42-23-11-21-25(37-27(23)38)26(34-14-32-21)36-20-9-18(30)22(10-19(20)31)43-17-4-5-40-24(8-17)33-15-35-40/h4-5,8-11,14-16H,6-7,12-13H2,1-3H3,(H,32,34,36)/t16-/m0/s1. The van der Waals surface area contributed by atoms with Crippen molar-refractivity contribution in [3.8, 4) is 17.2 Å². The molecule has 15 heteroatoms. The van der Waals surface area contributed by atoms with Gasteiger partial charge in [-0.1, -0.05) is 11.6 Å². The lowest BCUT2D eigenvalue weighted by Gasteiger charge is -2.39. The predicted molar refractivity (Wildman–Crippen MR) is 160 cm³/mol. The van der Waals surface area contributed by atoms with Crippen LogP contribution < -0.4 is 19.7 Å². The maximum Gasteiger partial charge on any atom is 0.410 e. The van der Waals surface area contributed by atoms with Crippen molar-refractivity contribution in [3.63, 3.8) is 0 Å². The first kappa shape index (κ1) is 27.8. The summed E-state index contributed by atoms with van der Waals surface area (Å²) in [6.45, 7) is 7.28. The number of nitrogens with one attached hydrogen (secondary N) is 1. The van der Waals surface area contributed by atoms with Gasteiger partial charge in [0, 0.05) is 44.0 Å². The lowest BCUT2D eigenvalue weighted by molar-refractivity contribution is 0.00974. The van der Waals surface area contributed by atoms with Crippen LogP contribution in [0.1, 0.15) is 20.8 Å². The number of aromatic nitrogens is 6. The van der Waals surface area contributed by atoms with Gasteiger partial charge in [-0.3, -0.25) is 4.90 Å². The van der Waals surface area contributed by atoms with Crippen LogP contribution in [0.3, 0.4) is 0 Å². The fraction of sp³-hybridized carbons (Fsp3) is 0.310. The van der Waals surface area contributed by atoms with Gasteiger partial charge in [0.25, 0.3) is 0 Å². The Morgan fingerprint density at radius 2 is 2.00 bits per heavy atom. The summed E-state index contributed by atoms with van der Waals surface area (Å²) in [5.41, 5.74) is 0.964. The van der Waals surface area contributed by atoms with E-state index in [9.17, 15) is 4.79 Å². The molecule has 4 aromatic heterocycles. The molecule has 44 heavy (non-hydrogen) atoms. The Morgan fingerprint density at radius 1 is 1.14 bits per heavy atom. The van der Waals surface area contributed by atoms with Gasteiger partial charge >= 0.3 is 6.09 Å². The van der Waals surface area contributed by atoms with E-state index in [2.05, 4.69) is 30.3 Å². The summed E-state index contributed by atoms with van der Waals surface area (Å²) in [4.78, 5) is 34.3. The van der Waals surface area contributed by atoms with Crippen molar-refractivity contribution in [1.82, 2.24) is 34.4 Å². The highest BCUT2D eigenvalue weighted by atomic mass is 35.5. The second kappa shape index (κ2) is 10.6. The molecule has 1 amide bonds. The van der Waals surface area contributed by atoms with Crippen LogP contribution in [0.4, 0.5) is 26.5 Å². The molecule has 1 fully saturated rings. The zero-order valence-corrected chi connectivity index (χ0v) is 24.7. The second-order valence-electron chi connectivity index (χ2n) is 11.4. The fourth-order valence-electron chi connectivity index (χ4n) is 5.14. The molecule has 7 rings (SSSR count). The van der Waals surface area contributed by atoms with Crippen molar-refractivity contribution in [3.05, 3.63) is 60.0 Å². The summed E-state index contributed by atoms with van der Waals surface area (Å²) >= 11 is 6.50. The first-order chi connectivity index (χ1) is 21.1. The lowest BCUT2D eigenvalue weighted by atomic mass is 10.2. The van der Waals surface area contributed by atoms with Crippen molar-refractivity contribution in [2.75, 3.05) is 36.5 Å². The molecular weight excluding hydrogens is 593 g/mol. The molecule has 0 aliphatic carbocycles. The van der Waals surface area contributed by atoms with Gasteiger partial charge in [-0.05, 0) is 32.9 Å². The van der Waals surface area contributed by atoms with Crippen LogP contribution in [-0.2, 0) is 4.74 Å². The number of hydrogen-bond donors (Lipinski definition) is 1. The summed E-state index contributed by atoms with van der Waals surface area (Å²) < 4.78 is 34.5. The number of piperazine rings is 1. The molecule has 1 aromatic carbocycles. The molecule has 2 aliphatic rings. The number of pyridine rings is 2. The Bertz CT molecular complexity index is 1910. The van der Waals surface area contributed by atoms with Gasteiger partial charge in [0.15, 0.2) is 23.0 Å². The molecule has 0 radical (unpaired) electrons. The van der Waals surface area contributed by atoms with E-state index in [1.165, 1.54) is 24.8 Å². The number of carbonyl (C=O) groups is 1. The molecule has 0 spiro atoms. The third kappa shape index (κ3) is 5.32. The molecule has 13 nitrogen and oxygen atoms in total. The molecule has 2 aliphatic heterocycles. The maximum atomic E-state index is 15.4. The van der Waals surface area contributed by atoms with Crippen LogP contribution in [-0.4, -0.2) is 78.4 Å². The first-order valence-corrected chi connectivity index (χ1v) is 14.3. The van der Waals surface area contributed by atoms with Crippen molar-refractivity contribution in [1.29, 1.82) is 0 Å². The number of benzene rings is 1. The van der Waals surface area contributed by atoms with Crippen molar-refractivity contribution >= 4 is 51.7 Å². The second-order valence-corrected chi connectivity index (χ2v) is 11.8. The summed E-state index contributed by atoms with van der Waals surface area (Å²) in [5, 5.41) is 7.24. The number of hydrogen-bond acceptors (Lipinski definition) is 11. The van der Waals surface area contributed by atoms with Gasteiger partial charge in [0.2, 0.25) is 0 Å². The zero-order chi connectivity index (χ0) is 30.6. The Morgan fingerprint density at radius 3 is 2.84 bits per heavy atom. The van der Waals surface area contributed by atoms with E-state index in [-0.39, 0.29) is 41.0 Å². The number of carbonyl (C=O) groups excluding carboxylic acids is 1. The summed E-state index contributed by atoms with van der Waals surface area (Å²) in [7, 11) is 0. The Labute approximate surface area is 255 Å². The Hall–Kier alpha value is -4.98. The normalized spacial score (nSPS) is 16.3. The molecule has 1 N–H and O–H groups in total. The van der Waals surface area contributed by atoms with E-state index in [1.54, 1.807) is 33.8 Å². The number of fused-ring (bicyclic) bond motifs is 6. The lowest BCUT2D eigenvalue weighted by Crippen LogP contribution is -2.57. The number of anilines is 3. The molecule has 5 aromatic rings. The van der Waals surface area contributed by atoms with Crippen molar-refractivity contribution in [2.24, 2.45) is 0 Å². The van der Waals surface area contributed by atoms with E-state index >= 15 is 4.39 Å². The van der Waals surface area contributed by atoms with Gasteiger partial charge in [-0.15, -0.1) is 0 Å². The summed E-state index contributed by atoms with van der Waals surface area (Å²) in [6, 6.07) is 7.50. The number of nitrogens with zero attached hydrogens (tertiary/aromatic N) is 8. The molecule has 1 atom stereocenters. The molecule has 0 unspecified atom stereocenters. The third-order valence-electron chi connectivity index (χ3n) is 7.15. The molecule has 226 valence electrons. The third-order valence-corrected chi connectivity index (χ3v) is 7.45. The number of halogens is 2. The summed E-state index contributed by atoms with van der Waals surface area (Å²) in [6.07, 6.45) is 4.08. The van der Waals surface area contributed by atoms with E-state index in [1.807, 2.05) is 20.8 Å². The number of rotatable bonds is 4. The minimum Gasteiger partial charge on any atom is -0.487 e. The highest BCUT2D eigenvalue weighted by molar-refractivity contribution is 6.32. The predicted octanol–water partition coefficient (Wildman–Crippen LogP) is 5.21. The van der Waals surface area contributed by atoms with Crippen LogP contribution in [0.25, 0.3) is 16.7 Å². The minimum absolute atomic E-state index is 0.0780. The maximum absolute atomic E-state index is 15.4. The SMILES string of the molecule is CC(C)(C)OC(=O)N1CCN2C[C@H]1COc1cc3ncnc(Nc4cc(Cl)c(Oc5ccn6ncnc6c5)cc4F)c3nc12. The average molecular weight is 620 g/mol. The van der Waals surface area contributed by atoms with Crippen LogP contribution >= 0.6 is 11.6 Å². The molecule has 0 saturated carbocycles. The van der Waals surface area contributed by atoms with Crippen LogP contribution in [0, 0.1) is 5.82 Å². The molecular formula is C29H27ClFN9O4. The van der Waals surface area contributed by atoms with Gasteiger partial charge in [-0.2, -0.15) is 5.10 Å². The van der Waals surface area contributed by atoms with Gasteiger partial charge in [0.1, 0.15) is 47.7 Å². The van der Waals surface area contributed by atoms with Crippen LogP contribution in [0.15, 0.2) is 49.2 Å². The Balaban J connectivity index is 1.14. The first-order valence-electron chi connectivity index (χ1n) is 13.9. The highest BCUT2D eigenvalue weighted by Crippen LogP contribution is 2.38. The molecule has 2 bridgehead atoms. The van der Waals surface area contributed by atoms with E-state index in [0.29, 0.717) is 53.6 Å². The zero-order valence-electron chi connectivity index (χ0n) is 24.0. The fourth-order valence-corrected chi connectivity index (χ4v) is 5.34. The monoisotopic (exact) mass is 619 g/mol. The number of amides is 1.